The molecule has 0 fully saturated rings. The van der Waals surface area contributed by atoms with Crippen LogP contribution in [0.1, 0.15) is 16.1 Å². The first-order valence-corrected chi connectivity index (χ1v) is 4.77. The van der Waals surface area contributed by atoms with Crippen LogP contribution >= 0.6 is 15.9 Å². The Morgan fingerprint density at radius 2 is 2.36 bits per heavy atom. The van der Waals surface area contributed by atoms with Crippen LogP contribution in [0.15, 0.2) is 33.6 Å². The number of carbonyl (C=O) groups excluding carboxylic acids is 1. The summed E-state index contributed by atoms with van der Waals surface area (Å²) in [7, 11) is 0. The molecule has 0 N–H and O–H groups in total. The Kier molecular flexibility index (Phi) is 2.25. The number of furan rings is 1. The highest BCUT2D eigenvalue weighted by molar-refractivity contribution is 9.10. The number of aryl methyl sites for hydroxylation is 1. The van der Waals surface area contributed by atoms with E-state index < -0.39 is 0 Å². The summed E-state index contributed by atoms with van der Waals surface area (Å²) >= 11 is 3.13. The van der Waals surface area contributed by atoms with Crippen molar-refractivity contribution in [1.82, 2.24) is 9.78 Å². The van der Waals surface area contributed by atoms with Gasteiger partial charge in [0.1, 0.15) is 0 Å². The molecule has 14 heavy (non-hydrogen) atoms. The predicted octanol–water partition coefficient (Wildman–Crippen LogP) is 2.24. The monoisotopic (exact) mass is 254 g/mol. The molecule has 4 nitrogen and oxygen atoms in total. The van der Waals surface area contributed by atoms with E-state index in [1.807, 2.05) is 6.92 Å². The van der Waals surface area contributed by atoms with Crippen molar-refractivity contribution in [2.75, 3.05) is 0 Å². The van der Waals surface area contributed by atoms with Crippen molar-refractivity contribution in [1.29, 1.82) is 0 Å². The van der Waals surface area contributed by atoms with Gasteiger partial charge in [-0.1, -0.05) is 0 Å². The minimum atomic E-state index is -0.274. The topological polar surface area (TPSA) is 48.0 Å². The molecule has 0 unspecified atom stereocenters. The maximum absolute atomic E-state index is 11.7. The van der Waals surface area contributed by atoms with Crippen LogP contribution in [0.4, 0.5) is 0 Å². The van der Waals surface area contributed by atoms with E-state index in [4.69, 9.17) is 4.42 Å². The van der Waals surface area contributed by atoms with Crippen molar-refractivity contribution in [3.8, 4) is 0 Å². The van der Waals surface area contributed by atoms with Gasteiger partial charge in [0.05, 0.1) is 6.20 Å². The largest absolute Gasteiger partial charge is 0.444 e. The Morgan fingerprint density at radius 3 is 2.86 bits per heavy atom. The highest BCUT2D eigenvalue weighted by atomic mass is 79.9. The molecular weight excluding hydrogens is 248 g/mol. The first kappa shape index (κ1) is 9.21. The molecule has 72 valence electrons. The smallest absolute Gasteiger partial charge is 0.313 e. The third kappa shape index (κ3) is 1.63. The summed E-state index contributed by atoms with van der Waals surface area (Å²) in [5.74, 6) is -0.0104. The molecule has 0 bridgehead atoms. The standard InChI is InChI=1S/C9H7BrN2O2/c1-6-4-11-12(5-6)9(13)7-2-3-8(10)14-7/h2-5H,1H3. The van der Waals surface area contributed by atoms with Crippen LogP contribution in [-0.2, 0) is 0 Å². The van der Waals surface area contributed by atoms with E-state index in [9.17, 15) is 4.79 Å². The maximum Gasteiger partial charge on any atom is 0.313 e. The Bertz CT molecular complexity index is 430. The normalized spacial score (nSPS) is 10.4. The van der Waals surface area contributed by atoms with Crippen molar-refractivity contribution < 1.29 is 9.21 Å². The summed E-state index contributed by atoms with van der Waals surface area (Å²) in [6.45, 7) is 1.87. The first-order chi connectivity index (χ1) is 6.66. The number of aromatic nitrogens is 2. The molecule has 0 aromatic carbocycles. The summed E-state index contributed by atoms with van der Waals surface area (Å²) in [6, 6.07) is 3.27. The molecule has 2 aromatic rings. The lowest BCUT2D eigenvalue weighted by atomic mass is 10.4. The van der Waals surface area contributed by atoms with Crippen LogP contribution in [0.5, 0.6) is 0 Å². The van der Waals surface area contributed by atoms with Crippen LogP contribution in [0.25, 0.3) is 0 Å². The summed E-state index contributed by atoms with van der Waals surface area (Å²) in [6.07, 6.45) is 3.27. The third-order valence-corrected chi connectivity index (χ3v) is 2.13. The lowest BCUT2D eigenvalue weighted by Crippen LogP contribution is -2.11. The molecule has 0 amide bonds. The molecule has 2 aromatic heterocycles. The van der Waals surface area contributed by atoms with Gasteiger partial charge < -0.3 is 4.42 Å². The molecule has 0 aliphatic rings. The number of hydrogen-bond donors (Lipinski definition) is 0. The molecule has 0 atom stereocenters. The Morgan fingerprint density at radius 1 is 1.57 bits per heavy atom. The van der Waals surface area contributed by atoms with Crippen LogP contribution in [0.3, 0.4) is 0 Å². The highest BCUT2D eigenvalue weighted by Crippen LogP contribution is 2.14. The summed E-state index contributed by atoms with van der Waals surface area (Å²) in [5, 5.41) is 3.89. The van der Waals surface area contributed by atoms with E-state index in [-0.39, 0.29) is 11.7 Å². The second-order valence-corrected chi connectivity index (χ2v) is 3.65. The lowest BCUT2D eigenvalue weighted by molar-refractivity contribution is 0.0916. The van der Waals surface area contributed by atoms with Crippen molar-refractivity contribution >= 4 is 21.8 Å². The van der Waals surface area contributed by atoms with Crippen molar-refractivity contribution in [2.45, 2.75) is 6.92 Å². The summed E-state index contributed by atoms with van der Waals surface area (Å²) < 4.78 is 6.90. The van der Waals surface area contributed by atoms with Gasteiger partial charge in [0.15, 0.2) is 10.4 Å². The molecule has 0 saturated carbocycles. The van der Waals surface area contributed by atoms with Gasteiger partial charge >= 0.3 is 5.91 Å². The number of rotatable bonds is 1. The third-order valence-electron chi connectivity index (χ3n) is 1.70. The Labute approximate surface area is 88.6 Å². The van der Waals surface area contributed by atoms with Crippen molar-refractivity contribution in [3.63, 3.8) is 0 Å². The summed E-state index contributed by atoms with van der Waals surface area (Å²) in [4.78, 5) is 11.7. The number of nitrogens with zero attached hydrogens (tertiary/aromatic N) is 2. The fraction of sp³-hybridized carbons (Fsp3) is 0.111. The van der Waals surface area contributed by atoms with Crippen molar-refractivity contribution in [3.05, 3.63) is 40.5 Å². The molecule has 0 spiro atoms. The van der Waals surface area contributed by atoms with Crippen LogP contribution in [-0.4, -0.2) is 15.7 Å². The van der Waals surface area contributed by atoms with Gasteiger partial charge in [-0.25, -0.2) is 4.68 Å². The molecule has 2 heterocycles. The average Bonchev–Trinajstić information content (AvgIpc) is 2.73. The molecular formula is C9H7BrN2O2. The number of carbonyl (C=O) groups is 1. The van der Waals surface area contributed by atoms with E-state index in [0.717, 1.165) is 5.56 Å². The lowest BCUT2D eigenvalue weighted by Gasteiger charge is -1.94. The molecule has 0 aliphatic carbocycles. The number of hydrogen-bond acceptors (Lipinski definition) is 3. The summed E-state index contributed by atoms with van der Waals surface area (Å²) in [5.41, 5.74) is 0.934. The first-order valence-electron chi connectivity index (χ1n) is 3.98. The SMILES string of the molecule is Cc1cnn(C(=O)c2ccc(Br)o2)c1. The zero-order valence-corrected chi connectivity index (χ0v) is 8.98. The van der Waals surface area contributed by atoms with E-state index in [1.54, 1.807) is 24.5 Å². The fourth-order valence-corrected chi connectivity index (χ4v) is 1.37. The van der Waals surface area contributed by atoms with Gasteiger partial charge in [-0.2, -0.15) is 5.10 Å². The van der Waals surface area contributed by atoms with Gasteiger partial charge in [0, 0.05) is 6.20 Å². The van der Waals surface area contributed by atoms with Crippen molar-refractivity contribution in [2.24, 2.45) is 0 Å². The average molecular weight is 255 g/mol. The van der Waals surface area contributed by atoms with Gasteiger partial charge in [-0.05, 0) is 40.5 Å². The van der Waals surface area contributed by atoms with Crippen LogP contribution in [0.2, 0.25) is 0 Å². The highest BCUT2D eigenvalue weighted by Gasteiger charge is 2.13. The van der Waals surface area contributed by atoms with Gasteiger partial charge in [0.25, 0.3) is 0 Å². The molecule has 5 heteroatoms. The maximum atomic E-state index is 11.7. The van der Waals surface area contributed by atoms with Crippen LogP contribution < -0.4 is 0 Å². The zero-order valence-electron chi connectivity index (χ0n) is 7.40. The number of halogens is 1. The van der Waals surface area contributed by atoms with E-state index in [0.29, 0.717) is 4.67 Å². The van der Waals surface area contributed by atoms with E-state index in [1.165, 1.54) is 4.68 Å². The zero-order chi connectivity index (χ0) is 10.1. The molecule has 0 aliphatic heterocycles. The molecule has 0 saturated heterocycles. The van der Waals surface area contributed by atoms with Gasteiger partial charge in [-0.15, -0.1) is 0 Å². The minimum Gasteiger partial charge on any atom is -0.444 e. The Hall–Kier alpha value is -1.36. The second-order valence-electron chi connectivity index (χ2n) is 2.87. The molecule has 2 rings (SSSR count). The van der Waals surface area contributed by atoms with Gasteiger partial charge in [-0.3, -0.25) is 4.79 Å². The molecule has 0 radical (unpaired) electrons. The van der Waals surface area contributed by atoms with E-state index in [2.05, 4.69) is 21.0 Å². The van der Waals surface area contributed by atoms with Gasteiger partial charge in [0.2, 0.25) is 0 Å². The quantitative estimate of drug-likeness (QED) is 0.785. The predicted molar refractivity (Wildman–Crippen MR) is 53.1 cm³/mol. The van der Waals surface area contributed by atoms with Crippen LogP contribution in [0, 0.1) is 6.92 Å². The minimum absolute atomic E-state index is 0.264. The fourth-order valence-electron chi connectivity index (χ4n) is 1.07. The Balaban J connectivity index is 2.33. The second kappa shape index (κ2) is 3.42. The van der Waals surface area contributed by atoms with E-state index >= 15 is 0 Å².